The first-order valence-electron chi connectivity index (χ1n) is 8.56. The van der Waals surface area contributed by atoms with E-state index in [0.29, 0.717) is 17.2 Å². The van der Waals surface area contributed by atoms with Gasteiger partial charge in [-0.05, 0) is 18.1 Å². The van der Waals surface area contributed by atoms with Crippen LogP contribution in [-0.2, 0) is 13.0 Å². The molecule has 0 bridgehead atoms. The SMILES string of the molecule is C[C@@H](c1ccc(CC(F)(F)F)cc1)n1nc(CO)c2c(=O)[nH]c(N(C)C)nc21. The van der Waals surface area contributed by atoms with Gasteiger partial charge in [0.05, 0.1) is 19.1 Å². The maximum absolute atomic E-state index is 12.5. The van der Waals surface area contributed by atoms with E-state index in [2.05, 4.69) is 15.1 Å². The van der Waals surface area contributed by atoms with Crippen LogP contribution in [0, 0.1) is 0 Å². The Hall–Kier alpha value is -2.88. The zero-order valence-electron chi connectivity index (χ0n) is 15.6. The third-order valence-corrected chi connectivity index (χ3v) is 4.43. The number of hydrogen-bond acceptors (Lipinski definition) is 5. The quantitative estimate of drug-likeness (QED) is 0.693. The average molecular weight is 395 g/mol. The number of H-pyrrole nitrogens is 1. The Bertz CT molecular complexity index is 1040. The van der Waals surface area contributed by atoms with Crippen molar-refractivity contribution in [2.45, 2.75) is 32.2 Å². The summed E-state index contributed by atoms with van der Waals surface area (Å²) in [4.78, 5) is 21.1. The third-order valence-electron chi connectivity index (χ3n) is 4.43. The monoisotopic (exact) mass is 395 g/mol. The summed E-state index contributed by atoms with van der Waals surface area (Å²) in [5.74, 6) is 0.330. The molecule has 2 heterocycles. The number of alkyl halides is 3. The number of fused-ring (bicyclic) bond motifs is 1. The van der Waals surface area contributed by atoms with E-state index in [1.807, 2.05) is 0 Å². The molecule has 3 aromatic rings. The number of aliphatic hydroxyl groups excluding tert-OH is 1. The van der Waals surface area contributed by atoms with Gasteiger partial charge in [-0.3, -0.25) is 9.78 Å². The molecule has 28 heavy (non-hydrogen) atoms. The van der Waals surface area contributed by atoms with Gasteiger partial charge in [0.2, 0.25) is 5.95 Å². The molecule has 7 nitrogen and oxygen atoms in total. The van der Waals surface area contributed by atoms with E-state index in [9.17, 15) is 23.1 Å². The number of halogens is 3. The minimum Gasteiger partial charge on any atom is -0.390 e. The highest BCUT2D eigenvalue weighted by Crippen LogP contribution is 2.26. The molecule has 0 aliphatic carbocycles. The zero-order chi connectivity index (χ0) is 20.6. The summed E-state index contributed by atoms with van der Waals surface area (Å²) in [5, 5.41) is 14.1. The lowest BCUT2D eigenvalue weighted by molar-refractivity contribution is -0.127. The van der Waals surface area contributed by atoms with Gasteiger partial charge in [0, 0.05) is 14.1 Å². The Morgan fingerprint density at radius 2 is 1.89 bits per heavy atom. The molecular weight excluding hydrogens is 375 g/mol. The number of aliphatic hydroxyl groups is 1. The fourth-order valence-electron chi connectivity index (χ4n) is 2.98. The van der Waals surface area contributed by atoms with E-state index in [-0.39, 0.29) is 16.6 Å². The van der Waals surface area contributed by atoms with Gasteiger partial charge in [0.1, 0.15) is 11.1 Å². The maximum Gasteiger partial charge on any atom is 0.393 e. The fraction of sp³-hybridized carbons (Fsp3) is 0.389. The van der Waals surface area contributed by atoms with Crippen molar-refractivity contribution in [3.63, 3.8) is 0 Å². The van der Waals surface area contributed by atoms with E-state index in [4.69, 9.17) is 0 Å². The molecule has 150 valence electrons. The lowest BCUT2D eigenvalue weighted by Crippen LogP contribution is -2.20. The smallest absolute Gasteiger partial charge is 0.390 e. The van der Waals surface area contributed by atoms with Crippen LogP contribution in [0.2, 0.25) is 0 Å². The first-order chi connectivity index (χ1) is 13.1. The topological polar surface area (TPSA) is 87.0 Å². The molecule has 0 saturated carbocycles. The molecule has 0 unspecified atom stereocenters. The Balaban J connectivity index is 2.06. The molecule has 1 aromatic carbocycles. The number of rotatable bonds is 5. The zero-order valence-corrected chi connectivity index (χ0v) is 15.6. The largest absolute Gasteiger partial charge is 0.393 e. The highest BCUT2D eigenvalue weighted by molar-refractivity contribution is 5.78. The number of benzene rings is 1. The van der Waals surface area contributed by atoms with Crippen LogP contribution in [0.3, 0.4) is 0 Å². The van der Waals surface area contributed by atoms with E-state index >= 15 is 0 Å². The summed E-state index contributed by atoms with van der Waals surface area (Å²) in [7, 11) is 3.45. The molecule has 0 amide bonds. The molecular formula is C18H20F3N5O2. The average Bonchev–Trinajstić information content (AvgIpc) is 2.99. The summed E-state index contributed by atoms with van der Waals surface area (Å²) < 4.78 is 39.1. The summed E-state index contributed by atoms with van der Waals surface area (Å²) in [6.45, 7) is 1.36. The van der Waals surface area contributed by atoms with Gasteiger partial charge < -0.3 is 10.0 Å². The number of aromatic amines is 1. The van der Waals surface area contributed by atoms with Gasteiger partial charge in [-0.1, -0.05) is 24.3 Å². The first kappa shape index (κ1) is 19.9. The maximum atomic E-state index is 12.5. The molecule has 10 heteroatoms. The van der Waals surface area contributed by atoms with Crippen molar-refractivity contribution in [3.05, 3.63) is 51.4 Å². The standard InChI is InChI=1S/C18H20F3N5O2/c1-10(12-6-4-11(5-7-12)8-18(19,20)21)26-15-14(13(9-27)24-26)16(28)23-17(22-15)25(2)3/h4-7,10,27H,8-9H2,1-3H3,(H,22,23,28)/t10-/m0/s1. The molecule has 0 saturated heterocycles. The first-order valence-corrected chi connectivity index (χ1v) is 8.56. The minimum absolute atomic E-state index is 0.161. The predicted octanol–water partition coefficient (Wildman–Crippen LogP) is 2.39. The summed E-state index contributed by atoms with van der Waals surface area (Å²) in [5.41, 5.74) is 0.928. The van der Waals surface area contributed by atoms with E-state index in [0.717, 1.165) is 0 Å². The van der Waals surface area contributed by atoms with Crippen LogP contribution in [0.4, 0.5) is 19.1 Å². The van der Waals surface area contributed by atoms with Crippen molar-refractivity contribution < 1.29 is 18.3 Å². The lowest BCUT2D eigenvalue weighted by atomic mass is 10.0. The number of hydrogen-bond donors (Lipinski definition) is 2. The second-order valence-electron chi connectivity index (χ2n) is 6.74. The van der Waals surface area contributed by atoms with Crippen molar-refractivity contribution in [2.24, 2.45) is 0 Å². The van der Waals surface area contributed by atoms with Gasteiger partial charge in [-0.25, -0.2) is 4.68 Å². The van der Waals surface area contributed by atoms with Gasteiger partial charge in [-0.2, -0.15) is 23.3 Å². The van der Waals surface area contributed by atoms with Crippen molar-refractivity contribution in [2.75, 3.05) is 19.0 Å². The van der Waals surface area contributed by atoms with Crippen LogP contribution in [0.25, 0.3) is 11.0 Å². The van der Waals surface area contributed by atoms with Crippen LogP contribution >= 0.6 is 0 Å². The third kappa shape index (κ3) is 3.86. The van der Waals surface area contributed by atoms with Crippen molar-refractivity contribution >= 4 is 17.0 Å². The molecule has 0 fully saturated rings. The number of anilines is 1. The number of nitrogens with zero attached hydrogens (tertiary/aromatic N) is 4. The lowest BCUT2D eigenvalue weighted by Gasteiger charge is -2.16. The van der Waals surface area contributed by atoms with Crippen LogP contribution in [0.1, 0.15) is 29.8 Å². The van der Waals surface area contributed by atoms with Crippen LogP contribution < -0.4 is 10.5 Å². The predicted molar refractivity (Wildman–Crippen MR) is 98.4 cm³/mol. The normalized spacial score (nSPS) is 13.1. The highest BCUT2D eigenvalue weighted by Gasteiger charge is 2.27. The summed E-state index contributed by atoms with van der Waals surface area (Å²) in [6.07, 6.45) is -5.26. The Morgan fingerprint density at radius 1 is 1.25 bits per heavy atom. The highest BCUT2D eigenvalue weighted by atomic mass is 19.4. The Kier molecular flexibility index (Phi) is 5.16. The molecule has 0 aliphatic heterocycles. The van der Waals surface area contributed by atoms with E-state index in [1.54, 1.807) is 38.1 Å². The molecule has 3 rings (SSSR count). The second kappa shape index (κ2) is 7.27. The molecule has 0 radical (unpaired) electrons. The Morgan fingerprint density at radius 3 is 2.43 bits per heavy atom. The number of aromatic nitrogens is 4. The summed E-state index contributed by atoms with van der Waals surface area (Å²) in [6, 6.07) is 5.62. The molecule has 0 aliphatic rings. The van der Waals surface area contributed by atoms with Gasteiger partial charge in [0.15, 0.2) is 5.65 Å². The minimum atomic E-state index is -4.27. The fourth-order valence-corrected chi connectivity index (χ4v) is 2.98. The Labute approximate surface area is 158 Å². The van der Waals surface area contributed by atoms with Crippen molar-refractivity contribution in [3.8, 4) is 0 Å². The van der Waals surface area contributed by atoms with Crippen LogP contribution in [-0.4, -0.2) is 45.1 Å². The van der Waals surface area contributed by atoms with Crippen molar-refractivity contribution in [1.82, 2.24) is 19.7 Å². The van der Waals surface area contributed by atoms with Gasteiger partial charge >= 0.3 is 6.18 Å². The van der Waals surface area contributed by atoms with Gasteiger partial charge in [0.25, 0.3) is 5.56 Å². The van der Waals surface area contributed by atoms with Crippen LogP contribution in [0.5, 0.6) is 0 Å². The van der Waals surface area contributed by atoms with E-state index < -0.39 is 30.8 Å². The molecule has 1 atom stereocenters. The van der Waals surface area contributed by atoms with E-state index in [1.165, 1.54) is 16.8 Å². The summed E-state index contributed by atoms with van der Waals surface area (Å²) >= 11 is 0. The van der Waals surface area contributed by atoms with Crippen molar-refractivity contribution in [1.29, 1.82) is 0 Å². The molecule has 2 aromatic heterocycles. The second-order valence-corrected chi connectivity index (χ2v) is 6.74. The number of nitrogens with one attached hydrogen (secondary N) is 1. The van der Waals surface area contributed by atoms with Crippen LogP contribution in [0.15, 0.2) is 29.1 Å². The molecule has 0 spiro atoms. The van der Waals surface area contributed by atoms with Gasteiger partial charge in [-0.15, -0.1) is 0 Å². The molecule has 2 N–H and O–H groups in total.